The van der Waals surface area contributed by atoms with E-state index in [0.717, 1.165) is 0 Å². The van der Waals surface area contributed by atoms with Crippen molar-refractivity contribution in [1.82, 2.24) is 0 Å². The minimum Gasteiger partial charge on any atom is -0.497 e. The van der Waals surface area contributed by atoms with Crippen molar-refractivity contribution >= 4 is 40.8 Å². The predicted octanol–water partition coefficient (Wildman–Crippen LogP) is 3.25. The van der Waals surface area contributed by atoms with Gasteiger partial charge in [0.25, 0.3) is 5.91 Å². The minimum atomic E-state index is -0.633. The van der Waals surface area contributed by atoms with Crippen molar-refractivity contribution in [3.63, 3.8) is 0 Å². The number of carbonyl (C=O) groups is 3. The number of amides is 2. The molecule has 0 radical (unpaired) electrons. The molecule has 0 fully saturated rings. The first-order valence-corrected chi connectivity index (χ1v) is 8.49. The fourth-order valence-electron chi connectivity index (χ4n) is 2.06. The Kier molecular flexibility index (Phi) is 7.63. The Labute approximate surface area is 161 Å². The molecule has 0 aromatic heterocycles. The molecule has 2 amide bonds. The van der Waals surface area contributed by atoms with E-state index in [1.54, 1.807) is 55.6 Å². The Morgan fingerprint density at radius 1 is 0.852 bits per heavy atom. The van der Waals surface area contributed by atoms with Gasteiger partial charge in [-0.1, -0.05) is 11.6 Å². The summed E-state index contributed by atoms with van der Waals surface area (Å²) in [5.74, 6) is -0.779. The highest BCUT2D eigenvalue weighted by Gasteiger charge is 2.11. The average molecular weight is 391 g/mol. The molecule has 8 heteroatoms. The molecule has 2 rings (SSSR count). The topological polar surface area (TPSA) is 93.7 Å². The lowest BCUT2D eigenvalue weighted by Crippen LogP contribution is -2.21. The number of nitrogens with one attached hydrogen (secondary N) is 2. The van der Waals surface area contributed by atoms with Crippen LogP contribution >= 0.6 is 11.6 Å². The zero-order valence-corrected chi connectivity index (χ0v) is 15.4. The molecular weight excluding hydrogens is 372 g/mol. The van der Waals surface area contributed by atoms with Crippen LogP contribution in [0, 0.1) is 0 Å². The smallest absolute Gasteiger partial charge is 0.306 e. The van der Waals surface area contributed by atoms with Crippen molar-refractivity contribution in [1.29, 1.82) is 0 Å². The van der Waals surface area contributed by atoms with Crippen molar-refractivity contribution in [3.8, 4) is 5.75 Å². The van der Waals surface area contributed by atoms with E-state index in [4.69, 9.17) is 21.1 Å². The summed E-state index contributed by atoms with van der Waals surface area (Å²) in [7, 11) is 1.54. The van der Waals surface area contributed by atoms with Crippen LogP contribution < -0.4 is 15.4 Å². The zero-order valence-electron chi connectivity index (χ0n) is 14.7. The fraction of sp³-hybridized carbons (Fsp3) is 0.211. The number of carbonyl (C=O) groups excluding carboxylic acids is 3. The molecule has 2 aromatic carbocycles. The molecule has 2 aromatic rings. The third-order valence-corrected chi connectivity index (χ3v) is 3.67. The maximum absolute atomic E-state index is 11.8. The molecule has 0 saturated heterocycles. The minimum absolute atomic E-state index is 0.0540. The summed E-state index contributed by atoms with van der Waals surface area (Å²) in [6, 6.07) is 13.3. The van der Waals surface area contributed by atoms with Gasteiger partial charge in [-0.05, 0) is 48.5 Å². The van der Waals surface area contributed by atoms with Gasteiger partial charge in [0.1, 0.15) is 5.75 Å². The van der Waals surface area contributed by atoms with E-state index in [0.29, 0.717) is 22.1 Å². The van der Waals surface area contributed by atoms with Gasteiger partial charge in [0, 0.05) is 22.8 Å². The van der Waals surface area contributed by atoms with Gasteiger partial charge in [-0.2, -0.15) is 0 Å². The molecule has 0 aliphatic carbocycles. The lowest BCUT2D eigenvalue weighted by Gasteiger charge is -2.08. The van der Waals surface area contributed by atoms with Gasteiger partial charge in [0.15, 0.2) is 6.61 Å². The van der Waals surface area contributed by atoms with E-state index in [1.165, 1.54) is 0 Å². The lowest BCUT2D eigenvalue weighted by molar-refractivity contribution is -0.147. The fourth-order valence-corrected chi connectivity index (χ4v) is 2.19. The molecule has 2 N–H and O–H groups in total. The summed E-state index contributed by atoms with van der Waals surface area (Å²) < 4.78 is 9.89. The molecule has 0 bridgehead atoms. The third kappa shape index (κ3) is 7.37. The number of halogens is 1. The molecule has 0 aliphatic rings. The number of hydrogen-bond acceptors (Lipinski definition) is 5. The quantitative estimate of drug-likeness (QED) is 0.675. The van der Waals surface area contributed by atoms with Gasteiger partial charge in [0.2, 0.25) is 5.91 Å². The van der Waals surface area contributed by atoms with E-state index >= 15 is 0 Å². The molecular formula is C19H19ClN2O5. The van der Waals surface area contributed by atoms with Crippen LogP contribution in [0.4, 0.5) is 11.4 Å². The van der Waals surface area contributed by atoms with Crippen molar-refractivity contribution < 1.29 is 23.9 Å². The van der Waals surface area contributed by atoms with Crippen LogP contribution in [-0.4, -0.2) is 31.5 Å². The van der Waals surface area contributed by atoms with Crippen molar-refractivity contribution in [2.24, 2.45) is 0 Å². The highest BCUT2D eigenvalue weighted by molar-refractivity contribution is 6.30. The summed E-state index contributed by atoms with van der Waals surface area (Å²) >= 11 is 5.76. The number of methoxy groups -OCH3 is 1. The van der Waals surface area contributed by atoms with Gasteiger partial charge in [-0.25, -0.2) is 0 Å². The van der Waals surface area contributed by atoms with Gasteiger partial charge < -0.3 is 20.1 Å². The second-order valence-corrected chi connectivity index (χ2v) is 5.93. The highest BCUT2D eigenvalue weighted by Crippen LogP contribution is 2.15. The number of anilines is 2. The average Bonchev–Trinajstić information content (AvgIpc) is 2.67. The lowest BCUT2D eigenvalue weighted by atomic mass is 10.2. The largest absolute Gasteiger partial charge is 0.497 e. The van der Waals surface area contributed by atoms with Crippen molar-refractivity contribution in [2.45, 2.75) is 12.8 Å². The first kappa shape index (κ1) is 20.3. The first-order chi connectivity index (χ1) is 13.0. The van der Waals surface area contributed by atoms with E-state index in [-0.39, 0.29) is 18.7 Å². The summed E-state index contributed by atoms with van der Waals surface area (Å²) in [5, 5.41) is 5.79. The van der Waals surface area contributed by atoms with Crippen molar-refractivity contribution in [3.05, 3.63) is 53.6 Å². The molecule has 0 aliphatic heterocycles. The zero-order chi connectivity index (χ0) is 19.6. The van der Waals surface area contributed by atoms with Crippen LogP contribution in [0.25, 0.3) is 0 Å². The number of hydrogen-bond donors (Lipinski definition) is 2. The molecule has 0 spiro atoms. The Morgan fingerprint density at radius 2 is 1.41 bits per heavy atom. The second-order valence-electron chi connectivity index (χ2n) is 5.49. The highest BCUT2D eigenvalue weighted by atomic mass is 35.5. The molecule has 7 nitrogen and oxygen atoms in total. The summed E-state index contributed by atoms with van der Waals surface area (Å²) in [5.41, 5.74) is 1.14. The SMILES string of the molecule is COc1ccc(NC(=O)COC(=O)CCC(=O)Nc2ccc(Cl)cc2)cc1. The Morgan fingerprint density at radius 3 is 2.00 bits per heavy atom. The molecule has 142 valence electrons. The van der Waals surface area contributed by atoms with Crippen LogP contribution in [0.1, 0.15) is 12.8 Å². The Balaban J connectivity index is 1.66. The Bertz CT molecular complexity index is 791. The van der Waals surface area contributed by atoms with Gasteiger partial charge in [0.05, 0.1) is 13.5 Å². The van der Waals surface area contributed by atoms with Crippen molar-refractivity contribution in [2.75, 3.05) is 24.4 Å². The van der Waals surface area contributed by atoms with E-state index < -0.39 is 18.5 Å². The third-order valence-electron chi connectivity index (χ3n) is 3.42. The number of benzene rings is 2. The number of rotatable bonds is 8. The van der Waals surface area contributed by atoms with Crippen LogP contribution in [-0.2, 0) is 19.1 Å². The maximum Gasteiger partial charge on any atom is 0.306 e. The number of esters is 1. The van der Waals surface area contributed by atoms with Gasteiger partial charge >= 0.3 is 5.97 Å². The standard InChI is InChI=1S/C19H19ClN2O5/c1-26-16-8-6-15(7-9-16)22-18(24)12-27-19(25)11-10-17(23)21-14-4-2-13(20)3-5-14/h2-9H,10-12H2,1H3,(H,21,23)(H,22,24). The van der Waals surface area contributed by atoms with E-state index in [1.807, 2.05) is 0 Å². The monoisotopic (exact) mass is 390 g/mol. The van der Waals surface area contributed by atoms with Gasteiger partial charge in [-0.15, -0.1) is 0 Å². The Hall–Kier alpha value is -3.06. The normalized spacial score (nSPS) is 10.0. The molecule has 27 heavy (non-hydrogen) atoms. The molecule has 0 saturated carbocycles. The summed E-state index contributed by atoms with van der Waals surface area (Å²) in [6.07, 6.45) is -0.184. The van der Waals surface area contributed by atoms with E-state index in [2.05, 4.69) is 10.6 Å². The first-order valence-electron chi connectivity index (χ1n) is 8.11. The van der Waals surface area contributed by atoms with E-state index in [9.17, 15) is 14.4 Å². The predicted molar refractivity (Wildman–Crippen MR) is 102 cm³/mol. The summed E-state index contributed by atoms with van der Waals surface area (Å²) in [4.78, 5) is 35.2. The molecule has 0 heterocycles. The molecule has 0 atom stereocenters. The van der Waals surface area contributed by atoms with Crippen LogP contribution in [0.5, 0.6) is 5.75 Å². The summed E-state index contributed by atoms with van der Waals surface area (Å²) in [6.45, 7) is -0.427. The number of ether oxygens (including phenoxy) is 2. The van der Waals surface area contributed by atoms with Crippen LogP contribution in [0.15, 0.2) is 48.5 Å². The van der Waals surface area contributed by atoms with Crippen LogP contribution in [0.3, 0.4) is 0 Å². The molecule has 0 unspecified atom stereocenters. The maximum atomic E-state index is 11.8. The van der Waals surface area contributed by atoms with Crippen LogP contribution in [0.2, 0.25) is 5.02 Å². The second kappa shape index (κ2) is 10.2. The van der Waals surface area contributed by atoms with Gasteiger partial charge in [-0.3, -0.25) is 14.4 Å².